The van der Waals surface area contributed by atoms with E-state index in [9.17, 15) is 4.39 Å². The number of rotatable bonds is 5. The molecule has 10 heteroatoms. The van der Waals surface area contributed by atoms with Gasteiger partial charge in [-0.15, -0.1) is 12.4 Å². The van der Waals surface area contributed by atoms with Crippen LogP contribution in [0.5, 0.6) is 0 Å². The maximum absolute atomic E-state index is 14.2. The van der Waals surface area contributed by atoms with Crippen molar-refractivity contribution in [2.75, 3.05) is 31.5 Å². The van der Waals surface area contributed by atoms with Crippen LogP contribution in [0.4, 0.5) is 16.2 Å². The van der Waals surface area contributed by atoms with Gasteiger partial charge in [-0.3, -0.25) is 9.88 Å². The topological polar surface area (TPSA) is 81.8 Å². The Hall–Kier alpha value is -2.78. The second-order valence-electron chi connectivity index (χ2n) is 7.50. The molecule has 0 spiro atoms. The Morgan fingerprint density at radius 3 is 2.78 bits per heavy atom. The van der Waals surface area contributed by atoms with Crippen LogP contribution in [-0.2, 0) is 6.54 Å². The van der Waals surface area contributed by atoms with E-state index in [2.05, 4.69) is 35.5 Å². The number of piperazine rings is 1. The molecule has 5 rings (SSSR count). The van der Waals surface area contributed by atoms with Gasteiger partial charge in [0.05, 0.1) is 22.3 Å². The Morgan fingerprint density at radius 2 is 1.97 bits per heavy atom. The lowest BCUT2D eigenvalue weighted by Crippen LogP contribution is -2.42. The Bertz CT molecular complexity index is 1200. The number of pyridine rings is 2. The molecule has 1 aliphatic rings. The highest BCUT2D eigenvalue weighted by Crippen LogP contribution is 2.31. The van der Waals surface area contributed by atoms with Gasteiger partial charge < -0.3 is 15.6 Å². The number of imidazole rings is 1. The molecule has 0 unspecified atom stereocenters. The standard InChI is InChI=1S/C22H21ClFN7.ClH/c23-16-11-26-12-17(24)21(16)15-1-2-18-19(10-15)29-22(28-18)30-20-9-14(3-4-27-20)13-31-7-5-25-6-8-31;/h1-4,9-12,25H,5-8,13H2,(H2,27,28,29,30);1H. The predicted octanol–water partition coefficient (Wildman–Crippen LogP) is 4.38. The van der Waals surface area contributed by atoms with Crippen LogP contribution in [0.1, 0.15) is 5.56 Å². The molecule has 4 heterocycles. The summed E-state index contributed by atoms with van der Waals surface area (Å²) in [5.41, 5.74) is 3.70. The molecule has 166 valence electrons. The van der Waals surface area contributed by atoms with E-state index in [-0.39, 0.29) is 17.4 Å². The van der Waals surface area contributed by atoms with Crippen molar-refractivity contribution in [2.24, 2.45) is 0 Å². The first-order valence-electron chi connectivity index (χ1n) is 10.1. The molecule has 0 aliphatic carbocycles. The van der Waals surface area contributed by atoms with Gasteiger partial charge in [0.2, 0.25) is 5.95 Å². The van der Waals surface area contributed by atoms with Crippen LogP contribution >= 0.6 is 24.0 Å². The lowest BCUT2D eigenvalue weighted by molar-refractivity contribution is 0.233. The SMILES string of the molecule is Cl.Fc1cncc(Cl)c1-c1ccc2nc(Nc3cc(CN4CCNCC4)ccn3)[nH]c2c1. The summed E-state index contributed by atoms with van der Waals surface area (Å²) in [7, 11) is 0. The highest BCUT2D eigenvalue weighted by Gasteiger charge is 2.13. The molecule has 0 atom stereocenters. The maximum atomic E-state index is 14.2. The first-order chi connectivity index (χ1) is 15.2. The number of benzene rings is 1. The van der Waals surface area contributed by atoms with Crippen LogP contribution in [0.15, 0.2) is 48.9 Å². The molecule has 3 N–H and O–H groups in total. The van der Waals surface area contributed by atoms with E-state index in [4.69, 9.17) is 11.6 Å². The van der Waals surface area contributed by atoms with Crippen molar-refractivity contribution >= 4 is 46.8 Å². The number of halogens is 3. The molecule has 7 nitrogen and oxygen atoms in total. The van der Waals surface area contributed by atoms with Gasteiger partial charge >= 0.3 is 0 Å². The number of fused-ring (bicyclic) bond motifs is 1. The van der Waals surface area contributed by atoms with Gasteiger partial charge in [-0.2, -0.15) is 0 Å². The second-order valence-corrected chi connectivity index (χ2v) is 7.90. The van der Waals surface area contributed by atoms with E-state index >= 15 is 0 Å². The largest absolute Gasteiger partial charge is 0.324 e. The fraction of sp³-hybridized carbons (Fsp3) is 0.227. The lowest BCUT2D eigenvalue weighted by Gasteiger charge is -2.27. The smallest absolute Gasteiger partial charge is 0.206 e. The van der Waals surface area contributed by atoms with Gasteiger partial charge in [0.15, 0.2) is 5.82 Å². The van der Waals surface area contributed by atoms with Crippen molar-refractivity contribution < 1.29 is 4.39 Å². The number of H-pyrrole nitrogens is 1. The number of aromatic nitrogens is 4. The molecule has 1 aromatic carbocycles. The van der Waals surface area contributed by atoms with Crippen molar-refractivity contribution in [1.29, 1.82) is 0 Å². The Kier molecular flexibility index (Phi) is 6.86. The van der Waals surface area contributed by atoms with Gasteiger partial charge in [-0.1, -0.05) is 17.7 Å². The summed E-state index contributed by atoms with van der Waals surface area (Å²) < 4.78 is 14.2. The number of aromatic amines is 1. The molecular weight excluding hydrogens is 452 g/mol. The van der Waals surface area contributed by atoms with Crippen LogP contribution in [-0.4, -0.2) is 51.0 Å². The zero-order valence-corrected chi connectivity index (χ0v) is 18.7. The summed E-state index contributed by atoms with van der Waals surface area (Å²) in [5, 5.41) is 6.87. The zero-order valence-electron chi connectivity index (χ0n) is 17.1. The normalized spacial score (nSPS) is 14.3. The quantitative estimate of drug-likeness (QED) is 0.398. The lowest BCUT2D eigenvalue weighted by atomic mass is 10.1. The highest BCUT2D eigenvalue weighted by atomic mass is 35.5. The second kappa shape index (κ2) is 9.79. The number of anilines is 2. The van der Waals surface area contributed by atoms with E-state index < -0.39 is 5.82 Å². The third kappa shape index (κ3) is 4.83. The summed E-state index contributed by atoms with van der Waals surface area (Å²) in [6.07, 6.45) is 4.39. The maximum Gasteiger partial charge on any atom is 0.206 e. The third-order valence-electron chi connectivity index (χ3n) is 5.31. The minimum Gasteiger partial charge on any atom is -0.324 e. The molecule has 1 saturated heterocycles. The Balaban J connectivity index is 0.00000245. The van der Waals surface area contributed by atoms with Crippen molar-refractivity contribution in [2.45, 2.75) is 6.54 Å². The number of nitrogens with one attached hydrogen (secondary N) is 3. The van der Waals surface area contributed by atoms with Gasteiger partial charge in [0.1, 0.15) is 5.82 Å². The first-order valence-corrected chi connectivity index (χ1v) is 10.5. The van der Waals surface area contributed by atoms with E-state index in [1.165, 1.54) is 11.8 Å². The summed E-state index contributed by atoms with van der Waals surface area (Å²) in [4.78, 5) is 18.4. The summed E-state index contributed by atoms with van der Waals surface area (Å²) in [5.74, 6) is 0.825. The summed E-state index contributed by atoms with van der Waals surface area (Å²) >= 11 is 6.16. The summed E-state index contributed by atoms with van der Waals surface area (Å²) in [6, 6.07) is 9.52. The minimum atomic E-state index is -0.463. The molecule has 32 heavy (non-hydrogen) atoms. The Labute approximate surface area is 195 Å². The van der Waals surface area contributed by atoms with E-state index in [1.807, 2.05) is 24.3 Å². The van der Waals surface area contributed by atoms with Crippen LogP contribution in [0.2, 0.25) is 5.02 Å². The van der Waals surface area contributed by atoms with Gasteiger partial charge in [0, 0.05) is 50.7 Å². The van der Waals surface area contributed by atoms with Crippen LogP contribution < -0.4 is 10.6 Å². The van der Waals surface area contributed by atoms with E-state index in [0.29, 0.717) is 17.1 Å². The minimum absolute atomic E-state index is 0. The van der Waals surface area contributed by atoms with Crippen molar-refractivity contribution in [3.8, 4) is 11.1 Å². The molecule has 0 saturated carbocycles. The number of hydrogen-bond acceptors (Lipinski definition) is 6. The van der Waals surface area contributed by atoms with Crippen molar-refractivity contribution in [3.05, 3.63) is 65.3 Å². The number of nitrogens with zero attached hydrogens (tertiary/aromatic N) is 4. The highest BCUT2D eigenvalue weighted by molar-refractivity contribution is 6.33. The molecule has 1 aliphatic heterocycles. The molecule has 3 aromatic heterocycles. The molecule has 0 amide bonds. The van der Waals surface area contributed by atoms with E-state index in [0.717, 1.165) is 55.8 Å². The van der Waals surface area contributed by atoms with Crippen LogP contribution in [0, 0.1) is 5.82 Å². The predicted molar refractivity (Wildman–Crippen MR) is 127 cm³/mol. The van der Waals surface area contributed by atoms with Gasteiger partial charge in [0.25, 0.3) is 0 Å². The van der Waals surface area contributed by atoms with Gasteiger partial charge in [-0.25, -0.2) is 14.4 Å². The molecule has 4 aromatic rings. The van der Waals surface area contributed by atoms with Crippen LogP contribution in [0.3, 0.4) is 0 Å². The fourth-order valence-electron chi connectivity index (χ4n) is 3.80. The molecule has 0 radical (unpaired) electrons. The summed E-state index contributed by atoms with van der Waals surface area (Å²) in [6.45, 7) is 5.01. The average Bonchev–Trinajstić information content (AvgIpc) is 3.16. The monoisotopic (exact) mass is 473 g/mol. The Morgan fingerprint density at radius 1 is 1.12 bits per heavy atom. The first kappa shape index (κ1) is 22.4. The zero-order chi connectivity index (χ0) is 21.2. The molecular formula is C22H22Cl2FN7. The van der Waals surface area contributed by atoms with E-state index in [1.54, 1.807) is 12.3 Å². The van der Waals surface area contributed by atoms with Gasteiger partial charge in [-0.05, 0) is 35.4 Å². The van der Waals surface area contributed by atoms with Crippen molar-refractivity contribution in [1.82, 2.24) is 30.2 Å². The molecule has 1 fully saturated rings. The molecule has 0 bridgehead atoms. The fourth-order valence-corrected chi connectivity index (χ4v) is 4.06. The average molecular weight is 474 g/mol. The van der Waals surface area contributed by atoms with Crippen molar-refractivity contribution in [3.63, 3.8) is 0 Å². The number of hydrogen-bond donors (Lipinski definition) is 3. The third-order valence-corrected chi connectivity index (χ3v) is 5.60. The van der Waals surface area contributed by atoms with Crippen LogP contribution in [0.25, 0.3) is 22.2 Å².